The van der Waals surface area contributed by atoms with Gasteiger partial charge >= 0.3 is 0 Å². The van der Waals surface area contributed by atoms with Crippen molar-refractivity contribution in [3.63, 3.8) is 0 Å². The van der Waals surface area contributed by atoms with Gasteiger partial charge < -0.3 is 20.5 Å². The minimum atomic E-state index is -0.505. The van der Waals surface area contributed by atoms with E-state index in [-0.39, 0.29) is 12.0 Å². The van der Waals surface area contributed by atoms with Gasteiger partial charge in [0.15, 0.2) is 0 Å². The van der Waals surface area contributed by atoms with E-state index in [1.807, 2.05) is 14.0 Å². The molecule has 1 saturated heterocycles. The number of ether oxygens (including phenoxy) is 1. The lowest BCUT2D eigenvalue weighted by atomic mass is 10.1. The molecule has 0 aromatic heterocycles. The van der Waals surface area contributed by atoms with Gasteiger partial charge in [0.2, 0.25) is 5.91 Å². The molecule has 1 fully saturated rings. The van der Waals surface area contributed by atoms with E-state index in [1.165, 1.54) is 0 Å². The van der Waals surface area contributed by atoms with Crippen molar-refractivity contribution >= 4 is 5.91 Å². The zero-order valence-electron chi connectivity index (χ0n) is 9.32. The number of rotatable bonds is 5. The third kappa shape index (κ3) is 3.44. The van der Waals surface area contributed by atoms with Crippen molar-refractivity contribution in [2.75, 3.05) is 20.1 Å². The Balaban J connectivity index is 2.29. The highest BCUT2D eigenvalue weighted by atomic mass is 16.5. The summed E-state index contributed by atoms with van der Waals surface area (Å²) < 4.78 is 5.43. The molecule has 3 unspecified atom stereocenters. The first-order valence-corrected chi connectivity index (χ1v) is 5.44. The van der Waals surface area contributed by atoms with E-state index in [0.29, 0.717) is 13.0 Å². The van der Waals surface area contributed by atoms with Gasteiger partial charge in [0.25, 0.3) is 0 Å². The highest BCUT2D eigenvalue weighted by molar-refractivity contribution is 5.81. The van der Waals surface area contributed by atoms with Crippen LogP contribution in [0.5, 0.6) is 0 Å². The lowest BCUT2D eigenvalue weighted by Crippen LogP contribution is -2.38. The maximum atomic E-state index is 11.6. The van der Waals surface area contributed by atoms with Gasteiger partial charge in [-0.25, -0.2) is 0 Å². The number of nitrogens with one attached hydrogen (secondary N) is 2. The van der Waals surface area contributed by atoms with E-state index in [9.17, 15) is 9.90 Å². The Morgan fingerprint density at radius 1 is 1.53 bits per heavy atom. The van der Waals surface area contributed by atoms with E-state index in [2.05, 4.69) is 10.6 Å². The van der Waals surface area contributed by atoms with Crippen LogP contribution in [0.2, 0.25) is 0 Å². The van der Waals surface area contributed by atoms with Crippen LogP contribution < -0.4 is 10.6 Å². The number of hydrogen-bond acceptors (Lipinski definition) is 4. The van der Waals surface area contributed by atoms with Gasteiger partial charge in [-0.15, -0.1) is 0 Å². The van der Waals surface area contributed by atoms with Crippen molar-refractivity contribution in [1.29, 1.82) is 0 Å². The topological polar surface area (TPSA) is 70.6 Å². The van der Waals surface area contributed by atoms with Gasteiger partial charge in [0.1, 0.15) is 6.10 Å². The SMILES string of the molecule is CCC1OC(C(=O)NCCNC)CC1O. The first-order chi connectivity index (χ1) is 7.19. The van der Waals surface area contributed by atoms with Crippen LogP contribution in [0, 0.1) is 0 Å². The lowest BCUT2D eigenvalue weighted by molar-refractivity contribution is -0.132. The van der Waals surface area contributed by atoms with E-state index < -0.39 is 12.2 Å². The van der Waals surface area contributed by atoms with Crippen molar-refractivity contribution in [2.24, 2.45) is 0 Å². The summed E-state index contributed by atoms with van der Waals surface area (Å²) in [6, 6.07) is 0. The fraction of sp³-hybridized carbons (Fsp3) is 0.900. The number of aliphatic hydroxyl groups is 1. The third-order valence-electron chi connectivity index (χ3n) is 2.59. The number of aliphatic hydroxyl groups excluding tert-OH is 1. The van der Waals surface area contributed by atoms with Gasteiger partial charge in [-0.2, -0.15) is 0 Å². The Morgan fingerprint density at radius 2 is 2.27 bits per heavy atom. The molecule has 0 spiro atoms. The van der Waals surface area contributed by atoms with Gasteiger partial charge in [-0.1, -0.05) is 6.92 Å². The van der Waals surface area contributed by atoms with Gasteiger partial charge in [0, 0.05) is 19.5 Å². The molecule has 0 aromatic carbocycles. The van der Waals surface area contributed by atoms with Crippen LogP contribution in [0.15, 0.2) is 0 Å². The van der Waals surface area contributed by atoms with E-state index in [0.717, 1.165) is 13.0 Å². The van der Waals surface area contributed by atoms with Crippen molar-refractivity contribution in [1.82, 2.24) is 10.6 Å². The largest absolute Gasteiger partial charge is 0.390 e. The van der Waals surface area contributed by atoms with Crippen molar-refractivity contribution in [3.05, 3.63) is 0 Å². The summed E-state index contributed by atoms with van der Waals surface area (Å²) in [5.41, 5.74) is 0. The molecule has 88 valence electrons. The zero-order valence-corrected chi connectivity index (χ0v) is 9.32. The van der Waals surface area contributed by atoms with Crippen molar-refractivity contribution in [2.45, 2.75) is 38.1 Å². The predicted octanol–water partition coefficient (Wildman–Crippen LogP) is -0.750. The molecule has 1 aliphatic rings. The Hall–Kier alpha value is -0.650. The van der Waals surface area contributed by atoms with Crippen LogP contribution in [0.3, 0.4) is 0 Å². The third-order valence-corrected chi connectivity index (χ3v) is 2.59. The van der Waals surface area contributed by atoms with Crippen molar-refractivity contribution < 1.29 is 14.6 Å². The minimum absolute atomic E-state index is 0.125. The molecule has 0 aliphatic carbocycles. The average Bonchev–Trinajstić information content (AvgIpc) is 2.60. The second-order valence-electron chi connectivity index (χ2n) is 3.77. The Labute approximate surface area is 90.2 Å². The summed E-state index contributed by atoms with van der Waals surface area (Å²) in [4.78, 5) is 11.6. The molecule has 0 bridgehead atoms. The smallest absolute Gasteiger partial charge is 0.249 e. The summed E-state index contributed by atoms with van der Waals surface area (Å²) >= 11 is 0. The van der Waals surface area contributed by atoms with Crippen LogP contribution in [0.1, 0.15) is 19.8 Å². The second-order valence-corrected chi connectivity index (χ2v) is 3.77. The molecule has 0 aromatic rings. The first kappa shape index (κ1) is 12.4. The maximum absolute atomic E-state index is 11.6. The quantitative estimate of drug-likeness (QED) is 0.529. The number of hydrogen-bond donors (Lipinski definition) is 3. The zero-order chi connectivity index (χ0) is 11.3. The van der Waals surface area contributed by atoms with Crippen molar-refractivity contribution in [3.8, 4) is 0 Å². The van der Waals surface area contributed by atoms with Crippen LogP contribution in [0.25, 0.3) is 0 Å². The normalized spacial score (nSPS) is 30.5. The highest BCUT2D eigenvalue weighted by Crippen LogP contribution is 2.22. The van der Waals surface area contributed by atoms with Crippen LogP contribution >= 0.6 is 0 Å². The van der Waals surface area contributed by atoms with Gasteiger partial charge in [-0.3, -0.25) is 4.79 Å². The van der Waals surface area contributed by atoms with Gasteiger partial charge in [0.05, 0.1) is 12.2 Å². The minimum Gasteiger partial charge on any atom is -0.390 e. The standard InChI is InChI=1S/C10H20N2O3/c1-3-8-7(13)6-9(15-8)10(14)12-5-4-11-2/h7-9,11,13H,3-6H2,1-2H3,(H,12,14). The molecule has 1 rings (SSSR count). The van der Waals surface area contributed by atoms with Crippen LogP contribution in [-0.4, -0.2) is 49.5 Å². The van der Waals surface area contributed by atoms with Crippen LogP contribution in [0.4, 0.5) is 0 Å². The predicted molar refractivity (Wildman–Crippen MR) is 56.5 cm³/mol. The summed E-state index contributed by atoms with van der Waals surface area (Å²) in [5.74, 6) is -0.125. The Kier molecular flexibility index (Phi) is 5.01. The second kappa shape index (κ2) is 6.05. The number of carbonyl (C=O) groups is 1. The molecular formula is C10H20N2O3. The molecule has 1 heterocycles. The van der Waals surface area contributed by atoms with Gasteiger partial charge in [-0.05, 0) is 13.5 Å². The summed E-state index contributed by atoms with van der Waals surface area (Å²) in [6.45, 7) is 3.26. The maximum Gasteiger partial charge on any atom is 0.249 e. The molecule has 15 heavy (non-hydrogen) atoms. The average molecular weight is 216 g/mol. The van der Waals surface area contributed by atoms with E-state index >= 15 is 0 Å². The molecule has 0 saturated carbocycles. The monoisotopic (exact) mass is 216 g/mol. The fourth-order valence-corrected chi connectivity index (χ4v) is 1.69. The number of carbonyl (C=O) groups excluding carboxylic acids is 1. The molecule has 1 aliphatic heterocycles. The number of likely N-dealkylation sites (N-methyl/N-ethyl adjacent to an activating group) is 1. The molecule has 5 heteroatoms. The molecule has 3 N–H and O–H groups in total. The van der Waals surface area contributed by atoms with Crippen LogP contribution in [-0.2, 0) is 9.53 Å². The fourth-order valence-electron chi connectivity index (χ4n) is 1.69. The summed E-state index contributed by atoms with van der Waals surface area (Å²) in [7, 11) is 1.83. The number of amides is 1. The lowest BCUT2D eigenvalue weighted by Gasteiger charge is -2.12. The molecule has 0 radical (unpaired) electrons. The molecule has 1 amide bonds. The molecule has 5 nitrogen and oxygen atoms in total. The Bertz CT molecular complexity index is 211. The van der Waals surface area contributed by atoms with E-state index in [1.54, 1.807) is 0 Å². The summed E-state index contributed by atoms with van der Waals surface area (Å²) in [5, 5.41) is 15.3. The molecular weight excluding hydrogens is 196 g/mol. The highest BCUT2D eigenvalue weighted by Gasteiger charge is 2.36. The Morgan fingerprint density at radius 3 is 2.80 bits per heavy atom. The molecule has 3 atom stereocenters. The van der Waals surface area contributed by atoms with E-state index in [4.69, 9.17) is 4.74 Å². The summed E-state index contributed by atoms with van der Waals surface area (Å²) in [6.07, 6.45) is -0.0346. The first-order valence-electron chi connectivity index (χ1n) is 5.44.